The van der Waals surface area contributed by atoms with Crippen molar-refractivity contribution in [2.24, 2.45) is 0 Å². The van der Waals surface area contributed by atoms with Gasteiger partial charge in [-0.25, -0.2) is 0 Å². The van der Waals surface area contributed by atoms with Crippen LogP contribution in [0.15, 0.2) is 12.1 Å². The first kappa shape index (κ1) is 16.8. The highest BCUT2D eigenvalue weighted by atomic mass is 35.5. The standard InChI is InChI=1S/C16H24N2OS.ClH/c1-11-5-8-15(20-11)3-2-4-16(19)18-14-9-12-6-7-13(10-14)17-12;/h5,8,12-14,17H,2-4,6-7,9-10H2,1H3,(H,18,19);1H. The van der Waals surface area contributed by atoms with Crippen LogP contribution < -0.4 is 10.6 Å². The fourth-order valence-corrected chi connectivity index (χ4v) is 4.45. The van der Waals surface area contributed by atoms with Gasteiger partial charge < -0.3 is 10.6 Å². The molecule has 0 saturated carbocycles. The molecule has 1 aromatic rings. The first-order chi connectivity index (χ1) is 9.69. The van der Waals surface area contributed by atoms with Crippen molar-refractivity contribution >= 4 is 29.7 Å². The summed E-state index contributed by atoms with van der Waals surface area (Å²) in [7, 11) is 0. The van der Waals surface area contributed by atoms with Gasteiger partial charge in [0.05, 0.1) is 0 Å². The Balaban J connectivity index is 0.00000161. The van der Waals surface area contributed by atoms with E-state index in [-0.39, 0.29) is 18.3 Å². The minimum atomic E-state index is 0. The van der Waals surface area contributed by atoms with E-state index in [2.05, 4.69) is 29.7 Å². The van der Waals surface area contributed by atoms with Crippen molar-refractivity contribution in [3.05, 3.63) is 21.9 Å². The number of nitrogens with one attached hydrogen (secondary N) is 2. The maximum Gasteiger partial charge on any atom is 0.220 e. The van der Waals surface area contributed by atoms with Gasteiger partial charge in [-0.15, -0.1) is 23.7 Å². The van der Waals surface area contributed by atoms with E-state index in [1.165, 1.54) is 22.6 Å². The molecule has 21 heavy (non-hydrogen) atoms. The average Bonchev–Trinajstić information content (AvgIpc) is 2.96. The normalized spacial score (nSPS) is 27.2. The van der Waals surface area contributed by atoms with E-state index in [9.17, 15) is 4.79 Å². The van der Waals surface area contributed by atoms with Crippen molar-refractivity contribution < 1.29 is 4.79 Å². The Hall–Kier alpha value is -0.580. The van der Waals surface area contributed by atoms with E-state index in [1.807, 2.05) is 11.3 Å². The second-order valence-corrected chi connectivity index (χ2v) is 7.61. The number of amides is 1. The second-order valence-electron chi connectivity index (χ2n) is 6.24. The van der Waals surface area contributed by atoms with Gasteiger partial charge >= 0.3 is 0 Å². The Morgan fingerprint density at radius 1 is 1.33 bits per heavy atom. The Bertz CT molecular complexity index is 465. The molecule has 2 aliphatic rings. The van der Waals surface area contributed by atoms with Gasteiger partial charge in [-0.3, -0.25) is 4.79 Å². The van der Waals surface area contributed by atoms with Crippen LogP contribution in [0.2, 0.25) is 0 Å². The Morgan fingerprint density at radius 3 is 2.67 bits per heavy atom. The van der Waals surface area contributed by atoms with E-state index in [0.717, 1.165) is 25.7 Å². The number of rotatable bonds is 5. The fourth-order valence-electron chi connectivity index (χ4n) is 3.52. The molecule has 0 aromatic carbocycles. The Morgan fingerprint density at radius 2 is 2.05 bits per heavy atom. The third kappa shape index (κ3) is 4.70. The number of aryl methyl sites for hydroxylation is 2. The first-order valence-corrected chi connectivity index (χ1v) is 8.61. The molecule has 1 amide bonds. The smallest absolute Gasteiger partial charge is 0.220 e. The summed E-state index contributed by atoms with van der Waals surface area (Å²) >= 11 is 1.84. The fraction of sp³-hybridized carbons (Fsp3) is 0.688. The van der Waals surface area contributed by atoms with Crippen molar-refractivity contribution in [3.8, 4) is 0 Å². The molecule has 118 valence electrons. The molecule has 2 fully saturated rings. The molecule has 2 saturated heterocycles. The molecular weight excluding hydrogens is 304 g/mol. The maximum atomic E-state index is 12.0. The highest BCUT2D eigenvalue weighted by Crippen LogP contribution is 2.26. The van der Waals surface area contributed by atoms with Gasteiger partial charge in [0.2, 0.25) is 5.91 Å². The van der Waals surface area contributed by atoms with Crippen LogP contribution in [0.4, 0.5) is 0 Å². The molecule has 2 aliphatic heterocycles. The molecule has 2 N–H and O–H groups in total. The van der Waals surface area contributed by atoms with Gasteiger partial charge in [-0.2, -0.15) is 0 Å². The molecule has 0 spiro atoms. The average molecular weight is 329 g/mol. The van der Waals surface area contributed by atoms with Crippen molar-refractivity contribution in [1.29, 1.82) is 0 Å². The number of piperidine rings is 1. The minimum Gasteiger partial charge on any atom is -0.353 e. The SMILES string of the molecule is Cc1ccc(CCCC(=O)NC2CC3CCC(C2)N3)s1.Cl. The summed E-state index contributed by atoms with van der Waals surface area (Å²) in [4.78, 5) is 14.8. The largest absolute Gasteiger partial charge is 0.353 e. The van der Waals surface area contributed by atoms with Gasteiger partial charge in [-0.05, 0) is 57.6 Å². The van der Waals surface area contributed by atoms with Gasteiger partial charge in [-0.1, -0.05) is 0 Å². The maximum absolute atomic E-state index is 12.0. The van der Waals surface area contributed by atoms with Crippen LogP contribution in [-0.4, -0.2) is 24.0 Å². The second kappa shape index (κ2) is 7.61. The topological polar surface area (TPSA) is 41.1 Å². The monoisotopic (exact) mass is 328 g/mol. The van der Waals surface area contributed by atoms with Crippen LogP contribution in [0.1, 0.15) is 48.3 Å². The molecule has 2 bridgehead atoms. The molecule has 0 radical (unpaired) electrons. The predicted molar refractivity (Wildman–Crippen MR) is 90.4 cm³/mol. The van der Waals surface area contributed by atoms with Crippen LogP contribution in [0.3, 0.4) is 0 Å². The molecule has 2 unspecified atom stereocenters. The van der Waals surface area contributed by atoms with Gasteiger partial charge in [0, 0.05) is 34.3 Å². The Kier molecular flexibility index (Phi) is 6.08. The summed E-state index contributed by atoms with van der Waals surface area (Å²) in [5, 5.41) is 6.85. The molecule has 3 nitrogen and oxygen atoms in total. The molecule has 2 atom stereocenters. The van der Waals surface area contributed by atoms with Crippen LogP contribution >= 0.6 is 23.7 Å². The van der Waals surface area contributed by atoms with Gasteiger partial charge in [0.15, 0.2) is 0 Å². The lowest BCUT2D eigenvalue weighted by molar-refractivity contribution is -0.122. The number of thiophene rings is 1. The van der Waals surface area contributed by atoms with E-state index >= 15 is 0 Å². The quantitative estimate of drug-likeness (QED) is 0.871. The number of halogens is 1. The van der Waals surface area contributed by atoms with Crippen molar-refractivity contribution in [2.45, 2.75) is 70.0 Å². The summed E-state index contributed by atoms with van der Waals surface area (Å²) < 4.78 is 0. The third-order valence-electron chi connectivity index (χ3n) is 4.46. The van der Waals surface area contributed by atoms with E-state index in [1.54, 1.807) is 0 Å². The highest BCUT2D eigenvalue weighted by molar-refractivity contribution is 7.11. The number of hydrogen-bond donors (Lipinski definition) is 2. The van der Waals surface area contributed by atoms with Gasteiger partial charge in [0.1, 0.15) is 0 Å². The first-order valence-electron chi connectivity index (χ1n) is 7.80. The lowest BCUT2D eigenvalue weighted by Crippen LogP contribution is -2.48. The van der Waals surface area contributed by atoms with Crippen LogP contribution in [0, 0.1) is 6.92 Å². The van der Waals surface area contributed by atoms with Crippen molar-refractivity contribution in [2.75, 3.05) is 0 Å². The zero-order valence-electron chi connectivity index (χ0n) is 12.6. The zero-order chi connectivity index (χ0) is 13.9. The lowest BCUT2D eigenvalue weighted by Gasteiger charge is -2.29. The molecule has 1 aromatic heterocycles. The summed E-state index contributed by atoms with van der Waals surface area (Å²) in [5.74, 6) is 0.240. The van der Waals surface area contributed by atoms with E-state index in [4.69, 9.17) is 0 Å². The number of hydrogen-bond acceptors (Lipinski definition) is 3. The van der Waals surface area contributed by atoms with Crippen LogP contribution in [0.25, 0.3) is 0 Å². The number of carbonyl (C=O) groups excluding carboxylic acids is 1. The van der Waals surface area contributed by atoms with Crippen molar-refractivity contribution in [3.63, 3.8) is 0 Å². The number of fused-ring (bicyclic) bond motifs is 2. The molecule has 3 heterocycles. The third-order valence-corrected chi connectivity index (χ3v) is 5.52. The van der Waals surface area contributed by atoms with Crippen LogP contribution in [-0.2, 0) is 11.2 Å². The minimum absolute atomic E-state index is 0. The van der Waals surface area contributed by atoms with E-state index in [0.29, 0.717) is 24.5 Å². The summed E-state index contributed by atoms with van der Waals surface area (Å²) in [5.41, 5.74) is 0. The van der Waals surface area contributed by atoms with Crippen LogP contribution in [0.5, 0.6) is 0 Å². The molecular formula is C16H25ClN2OS. The summed E-state index contributed by atoms with van der Waals surface area (Å²) in [6, 6.07) is 6.04. The Labute approximate surface area is 137 Å². The summed E-state index contributed by atoms with van der Waals surface area (Å²) in [6.07, 6.45) is 7.46. The molecule has 3 rings (SSSR count). The lowest BCUT2D eigenvalue weighted by atomic mass is 9.99. The summed E-state index contributed by atoms with van der Waals surface area (Å²) in [6.45, 7) is 2.13. The molecule has 5 heteroatoms. The van der Waals surface area contributed by atoms with E-state index < -0.39 is 0 Å². The molecule has 0 aliphatic carbocycles. The van der Waals surface area contributed by atoms with Crippen molar-refractivity contribution in [1.82, 2.24) is 10.6 Å². The number of carbonyl (C=O) groups is 1. The predicted octanol–water partition coefficient (Wildman–Crippen LogP) is 3.20. The highest BCUT2D eigenvalue weighted by Gasteiger charge is 2.33. The zero-order valence-corrected chi connectivity index (χ0v) is 14.2. The van der Waals surface area contributed by atoms with Gasteiger partial charge in [0.25, 0.3) is 0 Å².